The second-order valence-electron chi connectivity index (χ2n) is 5.17. The number of amides is 1. The number of nitrogens with one attached hydrogen (secondary N) is 1. The molecule has 3 heteroatoms. The highest BCUT2D eigenvalue weighted by Crippen LogP contribution is 2.18. The molecule has 0 spiro atoms. The SMILES string of the molecule is CC(C)CN(C)C(=O)c1ccc2c(c1)CNC2. The highest BCUT2D eigenvalue weighted by molar-refractivity contribution is 5.94. The molecule has 0 aliphatic carbocycles. The van der Waals surface area contributed by atoms with Gasteiger partial charge in [-0.05, 0) is 29.2 Å². The molecule has 1 aromatic carbocycles. The molecule has 1 aliphatic rings. The van der Waals surface area contributed by atoms with E-state index in [1.165, 1.54) is 11.1 Å². The summed E-state index contributed by atoms with van der Waals surface area (Å²) in [4.78, 5) is 14.0. The smallest absolute Gasteiger partial charge is 0.253 e. The van der Waals surface area contributed by atoms with Gasteiger partial charge in [-0.15, -0.1) is 0 Å². The largest absolute Gasteiger partial charge is 0.341 e. The Labute approximate surface area is 103 Å². The van der Waals surface area contributed by atoms with Crippen molar-refractivity contribution in [3.05, 3.63) is 34.9 Å². The first-order chi connectivity index (χ1) is 8.08. The van der Waals surface area contributed by atoms with Crippen molar-refractivity contribution in [1.82, 2.24) is 10.2 Å². The van der Waals surface area contributed by atoms with Crippen LogP contribution >= 0.6 is 0 Å². The van der Waals surface area contributed by atoms with Gasteiger partial charge in [-0.25, -0.2) is 0 Å². The maximum absolute atomic E-state index is 12.2. The fourth-order valence-corrected chi connectivity index (χ4v) is 2.28. The number of fused-ring (bicyclic) bond motifs is 1. The second-order valence-corrected chi connectivity index (χ2v) is 5.17. The third kappa shape index (κ3) is 2.67. The molecular weight excluding hydrogens is 212 g/mol. The van der Waals surface area contributed by atoms with Crippen LogP contribution in [0.15, 0.2) is 18.2 Å². The lowest BCUT2D eigenvalue weighted by atomic mass is 10.1. The van der Waals surface area contributed by atoms with E-state index >= 15 is 0 Å². The van der Waals surface area contributed by atoms with Crippen LogP contribution in [0.25, 0.3) is 0 Å². The summed E-state index contributed by atoms with van der Waals surface area (Å²) in [6, 6.07) is 6.02. The Hall–Kier alpha value is -1.35. The summed E-state index contributed by atoms with van der Waals surface area (Å²) >= 11 is 0. The first-order valence-corrected chi connectivity index (χ1v) is 6.16. The summed E-state index contributed by atoms with van der Waals surface area (Å²) in [5.41, 5.74) is 3.37. The summed E-state index contributed by atoms with van der Waals surface area (Å²) in [7, 11) is 1.87. The van der Waals surface area contributed by atoms with Gasteiger partial charge in [0, 0.05) is 32.2 Å². The maximum atomic E-state index is 12.2. The van der Waals surface area contributed by atoms with Crippen LogP contribution in [-0.2, 0) is 13.1 Å². The van der Waals surface area contributed by atoms with Gasteiger partial charge in [0.15, 0.2) is 0 Å². The van der Waals surface area contributed by atoms with Crippen molar-refractivity contribution < 1.29 is 4.79 Å². The van der Waals surface area contributed by atoms with E-state index < -0.39 is 0 Å². The summed E-state index contributed by atoms with van der Waals surface area (Å²) in [5.74, 6) is 0.619. The van der Waals surface area contributed by atoms with E-state index in [1.807, 2.05) is 19.2 Å². The van der Waals surface area contributed by atoms with E-state index in [0.29, 0.717) is 5.92 Å². The number of carbonyl (C=O) groups is 1. The molecular formula is C14H20N2O. The Morgan fingerprint density at radius 3 is 2.76 bits per heavy atom. The number of nitrogens with zero attached hydrogens (tertiary/aromatic N) is 1. The topological polar surface area (TPSA) is 32.3 Å². The molecule has 17 heavy (non-hydrogen) atoms. The van der Waals surface area contributed by atoms with Crippen LogP contribution in [-0.4, -0.2) is 24.4 Å². The summed E-state index contributed by atoms with van der Waals surface area (Å²) in [6.45, 7) is 6.84. The highest BCUT2D eigenvalue weighted by atomic mass is 16.2. The van der Waals surface area contributed by atoms with Gasteiger partial charge >= 0.3 is 0 Å². The molecule has 1 amide bonds. The standard InChI is InChI=1S/C14H20N2O/c1-10(2)9-16(3)14(17)11-4-5-12-7-15-8-13(12)6-11/h4-6,10,15H,7-9H2,1-3H3. The third-order valence-corrected chi connectivity index (χ3v) is 3.07. The molecule has 0 saturated carbocycles. The summed E-state index contributed by atoms with van der Waals surface area (Å²) in [6.07, 6.45) is 0. The fourth-order valence-electron chi connectivity index (χ4n) is 2.28. The van der Waals surface area contributed by atoms with E-state index in [-0.39, 0.29) is 5.91 Å². The minimum absolute atomic E-state index is 0.119. The van der Waals surface area contributed by atoms with E-state index in [2.05, 4.69) is 25.2 Å². The molecule has 0 aromatic heterocycles. The van der Waals surface area contributed by atoms with Crippen LogP contribution in [0.4, 0.5) is 0 Å². The van der Waals surface area contributed by atoms with Crippen molar-refractivity contribution in [3.8, 4) is 0 Å². The van der Waals surface area contributed by atoms with Gasteiger partial charge in [0.05, 0.1) is 0 Å². The predicted molar refractivity (Wildman–Crippen MR) is 68.8 cm³/mol. The molecule has 0 atom stereocenters. The zero-order valence-electron chi connectivity index (χ0n) is 10.8. The molecule has 1 aromatic rings. The lowest BCUT2D eigenvalue weighted by Gasteiger charge is -2.19. The first kappa shape index (κ1) is 12.1. The quantitative estimate of drug-likeness (QED) is 0.864. The van der Waals surface area contributed by atoms with Crippen LogP contribution in [0.3, 0.4) is 0 Å². The van der Waals surface area contributed by atoms with Gasteiger partial charge in [0.1, 0.15) is 0 Å². The van der Waals surface area contributed by atoms with E-state index in [0.717, 1.165) is 25.2 Å². The molecule has 0 bridgehead atoms. The van der Waals surface area contributed by atoms with Gasteiger partial charge in [0.2, 0.25) is 0 Å². The van der Waals surface area contributed by atoms with Gasteiger partial charge in [-0.2, -0.15) is 0 Å². The minimum Gasteiger partial charge on any atom is -0.341 e. The minimum atomic E-state index is 0.119. The number of hydrogen-bond acceptors (Lipinski definition) is 2. The van der Waals surface area contributed by atoms with Gasteiger partial charge in [-0.3, -0.25) is 4.79 Å². The molecule has 1 aliphatic heterocycles. The van der Waals surface area contributed by atoms with Crippen molar-refractivity contribution >= 4 is 5.91 Å². The van der Waals surface area contributed by atoms with Crippen molar-refractivity contribution in [1.29, 1.82) is 0 Å². The van der Waals surface area contributed by atoms with E-state index in [1.54, 1.807) is 4.90 Å². The van der Waals surface area contributed by atoms with Gasteiger partial charge in [0.25, 0.3) is 5.91 Å². The first-order valence-electron chi connectivity index (χ1n) is 6.16. The molecule has 0 saturated heterocycles. The number of hydrogen-bond donors (Lipinski definition) is 1. The zero-order valence-corrected chi connectivity index (χ0v) is 10.8. The maximum Gasteiger partial charge on any atom is 0.253 e. The van der Waals surface area contributed by atoms with Crippen LogP contribution in [0.1, 0.15) is 35.3 Å². The fraction of sp³-hybridized carbons (Fsp3) is 0.500. The molecule has 0 fully saturated rings. The Bertz CT molecular complexity index is 426. The van der Waals surface area contributed by atoms with Crippen molar-refractivity contribution in [3.63, 3.8) is 0 Å². The normalized spacial score (nSPS) is 13.9. The molecule has 2 rings (SSSR count). The monoisotopic (exact) mass is 232 g/mol. The average Bonchev–Trinajstić information content (AvgIpc) is 2.73. The average molecular weight is 232 g/mol. The van der Waals surface area contributed by atoms with Crippen LogP contribution in [0.2, 0.25) is 0 Å². The van der Waals surface area contributed by atoms with E-state index in [9.17, 15) is 4.79 Å². The molecule has 92 valence electrons. The number of rotatable bonds is 3. The number of benzene rings is 1. The van der Waals surface area contributed by atoms with Gasteiger partial charge in [-0.1, -0.05) is 19.9 Å². The third-order valence-electron chi connectivity index (χ3n) is 3.07. The number of carbonyl (C=O) groups excluding carboxylic acids is 1. The summed E-state index contributed by atoms with van der Waals surface area (Å²) in [5, 5.41) is 3.29. The highest BCUT2D eigenvalue weighted by Gasteiger charge is 2.16. The zero-order chi connectivity index (χ0) is 12.4. The van der Waals surface area contributed by atoms with Crippen LogP contribution < -0.4 is 5.32 Å². The Kier molecular flexibility index (Phi) is 3.48. The van der Waals surface area contributed by atoms with Crippen molar-refractivity contribution in [2.45, 2.75) is 26.9 Å². The lowest BCUT2D eigenvalue weighted by molar-refractivity contribution is 0.0779. The lowest BCUT2D eigenvalue weighted by Crippen LogP contribution is -2.30. The second kappa shape index (κ2) is 4.88. The van der Waals surface area contributed by atoms with Crippen molar-refractivity contribution in [2.75, 3.05) is 13.6 Å². The molecule has 3 nitrogen and oxygen atoms in total. The molecule has 0 unspecified atom stereocenters. The van der Waals surface area contributed by atoms with Crippen LogP contribution in [0.5, 0.6) is 0 Å². The molecule has 0 radical (unpaired) electrons. The van der Waals surface area contributed by atoms with Crippen LogP contribution in [0, 0.1) is 5.92 Å². The molecule has 1 N–H and O–H groups in total. The molecule has 1 heterocycles. The van der Waals surface area contributed by atoms with Gasteiger partial charge < -0.3 is 10.2 Å². The Morgan fingerprint density at radius 2 is 2.06 bits per heavy atom. The Balaban J connectivity index is 2.14. The predicted octanol–water partition coefficient (Wildman–Crippen LogP) is 2.02. The Morgan fingerprint density at radius 1 is 1.35 bits per heavy atom. The summed E-state index contributed by atoms with van der Waals surface area (Å²) < 4.78 is 0. The van der Waals surface area contributed by atoms with E-state index in [4.69, 9.17) is 0 Å². The van der Waals surface area contributed by atoms with Crippen molar-refractivity contribution in [2.24, 2.45) is 5.92 Å².